The van der Waals surface area contributed by atoms with Gasteiger partial charge in [-0.25, -0.2) is 0 Å². The molecule has 0 aliphatic carbocycles. The molecule has 0 aliphatic heterocycles. The average Bonchev–Trinajstić information content (AvgIpc) is 1.98. The van der Waals surface area contributed by atoms with Crippen molar-refractivity contribution in [3.63, 3.8) is 0 Å². The van der Waals surface area contributed by atoms with Crippen molar-refractivity contribution in [2.24, 2.45) is 5.73 Å². The van der Waals surface area contributed by atoms with Crippen molar-refractivity contribution >= 4 is 24.5 Å². The fourth-order valence-electron chi connectivity index (χ4n) is 0.377. The van der Waals surface area contributed by atoms with Gasteiger partial charge in [0.25, 0.3) is 0 Å². The Kier molecular flexibility index (Phi) is 8.84. The molecule has 0 fully saturated rings. The molecule has 1 amide bonds. The van der Waals surface area contributed by atoms with Gasteiger partial charge in [0.05, 0.1) is 6.04 Å². The van der Waals surface area contributed by atoms with Crippen LogP contribution < -0.4 is 11.1 Å². The van der Waals surface area contributed by atoms with Gasteiger partial charge in [0, 0.05) is 22.8 Å². The van der Waals surface area contributed by atoms with Crippen LogP contribution in [0.1, 0.15) is 0 Å². The van der Waals surface area contributed by atoms with Crippen LogP contribution in [0.4, 0.5) is 0 Å². The van der Waals surface area contributed by atoms with Gasteiger partial charge < -0.3 is 16.2 Å². The van der Waals surface area contributed by atoms with Crippen LogP contribution in [0.2, 0.25) is 0 Å². The molecule has 4 N–H and O–H groups in total. The van der Waals surface area contributed by atoms with Gasteiger partial charge in [0.1, 0.15) is 6.54 Å². The Labute approximate surface area is 86.0 Å². The van der Waals surface area contributed by atoms with Gasteiger partial charge in [0.2, 0.25) is 5.91 Å². The van der Waals surface area contributed by atoms with E-state index in [1.807, 2.05) is 0 Å². The van der Waals surface area contributed by atoms with E-state index in [9.17, 15) is 9.59 Å². The van der Waals surface area contributed by atoms with Crippen molar-refractivity contribution < 1.29 is 31.8 Å². The van der Waals surface area contributed by atoms with Gasteiger partial charge in [0.15, 0.2) is 0 Å². The second-order valence-corrected chi connectivity index (χ2v) is 2.27. The van der Waals surface area contributed by atoms with Gasteiger partial charge in [-0.3, -0.25) is 9.59 Å². The number of carboxylic acid groups (broad SMARTS) is 1. The number of amides is 1. The number of hydrogen-bond donors (Lipinski definition) is 4. The Morgan fingerprint density at radius 3 is 2.42 bits per heavy atom. The van der Waals surface area contributed by atoms with Gasteiger partial charge in [-0.2, -0.15) is 12.6 Å². The quantitative estimate of drug-likeness (QED) is 0.354. The molecule has 0 rings (SSSR count). The van der Waals surface area contributed by atoms with E-state index in [2.05, 4.69) is 17.9 Å². The van der Waals surface area contributed by atoms with E-state index in [0.717, 1.165) is 0 Å². The fraction of sp³-hybridized carbons (Fsp3) is 0.600. The largest absolute Gasteiger partial charge is 0.480 e. The van der Waals surface area contributed by atoms with Crippen molar-refractivity contribution in [2.45, 2.75) is 6.04 Å². The molecule has 0 aromatic rings. The number of thiol groups is 1. The molecular weight excluding hydrogens is 232 g/mol. The third kappa shape index (κ3) is 6.48. The maximum Gasteiger partial charge on any atom is 0.322 e. The van der Waals surface area contributed by atoms with Crippen molar-refractivity contribution in [3.8, 4) is 0 Å². The molecule has 75 valence electrons. The van der Waals surface area contributed by atoms with Crippen LogP contribution in [0.15, 0.2) is 0 Å². The van der Waals surface area contributed by atoms with Crippen LogP contribution in [-0.4, -0.2) is 35.3 Å². The zero-order valence-electron chi connectivity index (χ0n) is 6.08. The Morgan fingerprint density at radius 2 is 2.08 bits per heavy atom. The molecule has 0 aromatic carbocycles. The predicted octanol–water partition coefficient (Wildman–Crippen LogP) is -1.56. The molecule has 0 saturated carbocycles. The third-order valence-corrected chi connectivity index (χ3v) is 1.34. The molecule has 0 saturated heterocycles. The molecule has 0 bridgehead atoms. The Balaban J connectivity index is 0. The summed E-state index contributed by atoms with van der Waals surface area (Å²) < 4.78 is 0. The summed E-state index contributed by atoms with van der Waals surface area (Å²) in [5.41, 5.74) is 5.22. The number of carbonyl (C=O) groups is 2. The molecule has 12 heavy (non-hydrogen) atoms. The first-order valence-electron chi connectivity index (χ1n) is 2.94. The fourth-order valence-corrected chi connectivity index (χ4v) is 0.543. The molecule has 0 spiro atoms. The summed E-state index contributed by atoms with van der Waals surface area (Å²) in [4.78, 5) is 20.7. The SMILES string of the molecule is NC(CS)C(=O)NCC(=O)O.[Cu]. The summed E-state index contributed by atoms with van der Waals surface area (Å²) in [6.45, 7) is -0.402. The first-order chi connectivity index (χ1) is 5.07. The van der Waals surface area contributed by atoms with E-state index in [0.29, 0.717) is 0 Å². The summed E-state index contributed by atoms with van der Waals surface area (Å²) in [6.07, 6.45) is 0. The van der Waals surface area contributed by atoms with E-state index >= 15 is 0 Å². The summed E-state index contributed by atoms with van der Waals surface area (Å²) in [6, 6.07) is -0.738. The summed E-state index contributed by atoms with van der Waals surface area (Å²) in [5, 5.41) is 10.3. The Morgan fingerprint density at radius 1 is 1.58 bits per heavy atom. The van der Waals surface area contributed by atoms with E-state index in [1.165, 1.54) is 0 Å². The Hall–Kier alpha value is -0.231. The number of nitrogens with one attached hydrogen (secondary N) is 1. The smallest absolute Gasteiger partial charge is 0.322 e. The van der Waals surface area contributed by atoms with Gasteiger partial charge in [-0.05, 0) is 0 Å². The van der Waals surface area contributed by atoms with E-state index in [1.54, 1.807) is 0 Å². The number of carbonyl (C=O) groups excluding carboxylic acids is 1. The zero-order chi connectivity index (χ0) is 8.85. The molecular formula is C5H10CuN2O3S. The molecule has 5 nitrogen and oxygen atoms in total. The molecule has 1 atom stereocenters. The number of nitrogens with two attached hydrogens (primary N) is 1. The van der Waals surface area contributed by atoms with Crippen LogP contribution >= 0.6 is 12.6 Å². The van der Waals surface area contributed by atoms with Crippen LogP contribution in [0, 0.1) is 0 Å². The molecule has 1 unspecified atom stereocenters. The summed E-state index contributed by atoms with van der Waals surface area (Å²) in [7, 11) is 0. The average molecular weight is 242 g/mol. The summed E-state index contributed by atoms with van der Waals surface area (Å²) in [5.74, 6) is -1.39. The van der Waals surface area contributed by atoms with Crippen LogP contribution in [0.25, 0.3) is 0 Å². The first-order valence-corrected chi connectivity index (χ1v) is 3.57. The van der Waals surface area contributed by atoms with Crippen molar-refractivity contribution in [3.05, 3.63) is 0 Å². The van der Waals surface area contributed by atoms with Crippen molar-refractivity contribution in [1.82, 2.24) is 5.32 Å². The monoisotopic (exact) mass is 241 g/mol. The normalized spacial score (nSPS) is 11.2. The maximum atomic E-state index is 10.7. The molecule has 0 heterocycles. The predicted molar refractivity (Wildman–Crippen MR) is 42.5 cm³/mol. The van der Waals surface area contributed by atoms with Gasteiger partial charge in [-0.15, -0.1) is 0 Å². The van der Waals surface area contributed by atoms with Crippen LogP contribution in [-0.2, 0) is 26.7 Å². The summed E-state index contributed by atoms with van der Waals surface area (Å²) >= 11 is 3.77. The van der Waals surface area contributed by atoms with Crippen LogP contribution in [0.3, 0.4) is 0 Å². The van der Waals surface area contributed by atoms with Gasteiger partial charge in [-0.1, -0.05) is 0 Å². The molecule has 0 aromatic heterocycles. The molecule has 1 radical (unpaired) electrons. The standard InChI is InChI=1S/C5H10N2O3S.Cu/c6-3(2-11)5(10)7-1-4(8)9;/h3,11H,1-2,6H2,(H,7,10)(H,8,9);. The Bertz CT molecular complexity index is 167. The number of hydrogen-bond acceptors (Lipinski definition) is 4. The first kappa shape index (κ1) is 14.3. The van der Waals surface area contributed by atoms with E-state index in [-0.39, 0.29) is 22.8 Å². The van der Waals surface area contributed by atoms with E-state index < -0.39 is 24.5 Å². The van der Waals surface area contributed by atoms with Crippen LogP contribution in [0.5, 0.6) is 0 Å². The minimum absolute atomic E-state index is 0. The van der Waals surface area contributed by atoms with Crippen molar-refractivity contribution in [2.75, 3.05) is 12.3 Å². The second-order valence-electron chi connectivity index (χ2n) is 1.90. The minimum Gasteiger partial charge on any atom is -0.480 e. The third-order valence-electron chi connectivity index (χ3n) is 0.947. The minimum atomic E-state index is -1.09. The zero-order valence-corrected chi connectivity index (χ0v) is 7.92. The topological polar surface area (TPSA) is 92.4 Å². The van der Waals surface area contributed by atoms with Crippen molar-refractivity contribution in [1.29, 1.82) is 0 Å². The number of aliphatic carboxylic acids is 1. The number of rotatable bonds is 4. The second kappa shape index (κ2) is 7.42. The molecule has 7 heteroatoms. The van der Waals surface area contributed by atoms with Gasteiger partial charge >= 0.3 is 5.97 Å². The maximum absolute atomic E-state index is 10.7. The number of carboxylic acids is 1. The van der Waals surface area contributed by atoms with E-state index in [4.69, 9.17) is 10.8 Å². The molecule has 0 aliphatic rings.